The van der Waals surface area contributed by atoms with E-state index in [1.54, 1.807) is 6.92 Å². The van der Waals surface area contributed by atoms with Crippen LogP contribution in [0.5, 0.6) is 0 Å². The molecule has 1 N–H and O–H groups in total. The SMILES string of the molecule is CCCNC(=O)C(F)(F)/C=C/COCC(C)C. The Labute approximate surface area is 101 Å². The van der Waals surface area contributed by atoms with Crippen LogP contribution < -0.4 is 5.32 Å². The van der Waals surface area contributed by atoms with Crippen molar-refractivity contribution >= 4 is 5.91 Å². The lowest BCUT2D eigenvalue weighted by Crippen LogP contribution is -2.39. The van der Waals surface area contributed by atoms with Crippen LogP contribution >= 0.6 is 0 Å². The third kappa shape index (κ3) is 7.85. The van der Waals surface area contributed by atoms with E-state index in [1.807, 2.05) is 13.8 Å². The number of ether oxygens (including phenoxy) is 1. The van der Waals surface area contributed by atoms with Gasteiger partial charge in [-0.1, -0.05) is 26.8 Å². The maximum atomic E-state index is 13.2. The Kier molecular flexibility index (Phi) is 7.70. The summed E-state index contributed by atoms with van der Waals surface area (Å²) in [6.07, 6.45) is 2.38. The molecule has 0 aliphatic heterocycles. The molecule has 0 aromatic carbocycles. The van der Waals surface area contributed by atoms with Crippen LogP contribution in [-0.4, -0.2) is 31.6 Å². The molecule has 0 saturated carbocycles. The van der Waals surface area contributed by atoms with Gasteiger partial charge in [-0.3, -0.25) is 4.79 Å². The molecule has 17 heavy (non-hydrogen) atoms. The molecule has 0 aliphatic carbocycles. The van der Waals surface area contributed by atoms with Crippen LogP contribution in [0.3, 0.4) is 0 Å². The van der Waals surface area contributed by atoms with E-state index >= 15 is 0 Å². The van der Waals surface area contributed by atoms with Crippen molar-refractivity contribution < 1.29 is 18.3 Å². The largest absolute Gasteiger partial charge is 0.377 e. The van der Waals surface area contributed by atoms with E-state index in [9.17, 15) is 13.6 Å². The molecular weight excluding hydrogens is 228 g/mol. The van der Waals surface area contributed by atoms with Gasteiger partial charge in [0.25, 0.3) is 5.91 Å². The number of rotatable bonds is 8. The Balaban J connectivity index is 3.97. The van der Waals surface area contributed by atoms with E-state index in [-0.39, 0.29) is 13.2 Å². The van der Waals surface area contributed by atoms with Crippen LogP contribution in [0.4, 0.5) is 8.78 Å². The topological polar surface area (TPSA) is 38.3 Å². The fourth-order valence-electron chi connectivity index (χ4n) is 1.000. The molecule has 3 nitrogen and oxygen atoms in total. The van der Waals surface area contributed by atoms with Crippen LogP contribution in [0, 0.1) is 5.92 Å². The number of hydrogen-bond donors (Lipinski definition) is 1. The van der Waals surface area contributed by atoms with Crippen LogP contribution in [0.15, 0.2) is 12.2 Å². The summed E-state index contributed by atoms with van der Waals surface area (Å²) in [6, 6.07) is 0. The second kappa shape index (κ2) is 8.17. The summed E-state index contributed by atoms with van der Waals surface area (Å²) in [7, 11) is 0. The van der Waals surface area contributed by atoms with Crippen molar-refractivity contribution in [3.63, 3.8) is 0 Å². The molecule has 0 radical (unpaired) electrons. The number of carbonyl (C=O) groups excluding carboxylic acids is 1. The highest BCUT2D eigenvalue weighted by molar-refractivity contribution is 5.85. The highest BCUT2D eigenvalue weighted by Crippen LogP contribution is 2.15. The first-order chi connectivity index (χ1) is 7.90. The zero-order valence-corrected chi connectivity index (χ0v) is 10.6. The smallest absolute Gasteiger partial charge is 0.343 e. The quantitative estimate of drug-likeness (QED) is 0.530. The Morgan fingerprint density at radius 3 is 2.65 bits per heavy atom. The zero-order chi connectivity index (χ0) is 13.3. The third-order valence-corrected chi connectivity index (χ3v) is 1.83. The second-order valence-electron chi connectivity index (χ2n) is 4.21. The summed E-state index contributed by atoms with van der Waals surface area (Å²) < 4.78 is 31.4. The Morgan fingerprint density at radius 1 is 1.47 bits per heavy atom. The molecule has 0 spiro atoms. The minimum absolute atomic E-state index is 0.0921. The Morgan fingerprint density at radius 2 is 2.12 bits per heavy atom. The van der Waals surface area contributed by atoms with Crippen LogP contribution in [0.1, 0.15) is 27.2 Å². The van der Waals surface area contributed by atoms with Gasteiger partial charge in [-0.15, -0.1) is 0 Å². The van der Waals surface area contributed by atoms with Crippen LogP contribution in [0.2, 0.25) is 0 Å². The molecule has 0 atom stereocenters. The minimum Gasteiger partial charge on any atom is -0.377 e. The average Bonchev–Trinajstić information content (AvgIpc) is 2.24. The normalized spacial score (nSPS) is 12.4. The van der Waals surface area contributed by atoms with Gasteiger partial charge in [0.1, 0.15) is 0 Å². The molecule has 1 amide bonds. The molecular formula is C12H21F2NO2. The second-order valence-corrected chi connectivity index (χ2v) is 4.21. The summed E-state index contributed by atoms with van der Waals surface area (Å²) in [4.78, 5) is 11.0. The van der Waals surface area contributed by atoms with E-state index in [2.05, 4.69) is 5.32 Å². The van der Waals surface area contributed by atoms with Crippen molar-refractivity contribution in [1.29, 1.82) is 0 Å². The predicted molar refractivity (Wildman–Crippen MR) is 63.0 cm³/mol. The minimum atomic E-state index is -3.46. The van der Waals surface area contributed by atoms with Gasteiger partial charge in [-0.05, 0) is 18.4 Å². The highest BCUT2D eigenvalue weighted by atomic mass is 19.3. The van der Waals surface area contributed by atoms with Gasteiger partial charge in [0.2, 0.25) is 0 Å². The summed E-state index contributed by atoms with van der Waals surface area (Å²) >= 11 is 0. The van der Waals surface area contributed by atoms with Gasteiger partial charge in [-0.2, -0.15) is 8.78 Å². The molecule has 0 bridgehead atoms. The first-order valence-electron chi connectivity index (χ1n) is 5.81. The molecule has 0 aromatic heterocycles. The number of amides is 1. The fraction of sp³-hybridized carbons (Fsp3) is 0.750. The van der Waals surface area contributed by atoms with Crippen LogP contribution in [0.25, 0.3) is 0 Å². The first-order valence-corrected chi connectivity index (χ1v) is 5.81. The third-order valence-electron chi connectivity index (χ3n) is 1.83. The molecule has 0 rings (SSSR count). The maximum Gasteiger partial charge on any atom is 0.343 e. The number of hydrogen-bond acceptors (Lipinski definition) is 2. The van der Waals surface area contributed by atoms with Crippen molar-refractivity contribution in [3.8, 4) is 0 Å². The summed E-state index contributed by atoms with van der Waals surface area (Å²) in [5.41, 5.74) is 0. The number of carbonyl (C=O) groups is 1. The first kappa shape index (κ1) is 16.0. The van der Waals surface area contributed by atoms with E-state index in [0.29, 0.717) is 25.0 Å². The molecule has 5 heteroatoms. The van der Waals surface area contributed by atoms with Crippen molar-refractivity contribution in [1.82, 2.24) is 5.32 Å². The van der Waals surface area contributed by atoms with Gasteiger partial charge in [0.15, 0.2) is 0 Å². The maximum absolute atomic E-state index is 13.2. The fourth-order valence-corrected chi connectivity index (χ4v) is 1.000. The lowest BCUT2D eigenvalue weighted by atomic mass is 10.2. The van der Waals surface area contributed by atoms with Gasteiger partial charge in [0.05, 0.1) is 6.61 Å². The van der Waals surface area contributed by atoms with E-state index in [1.165, 1.54) is 6.08 Å². The van der Waals surface area contributed by atoms with Gasteiger partial charge < -0.3 is 10.1 Å². The molecule has 0 unspecified atom stereocenters. The zero-order valence-electron chi connectivity index (χ0n) is 10.6. The molecule has 100 valence electrons. The van der Waals surface area contributed by atoms with Crippen molar-refractivity contribution in [2.24, 2.45) is 5.92 Å². The van der Waals surface area contributed by atoms with Crippen molar-refractivity contribution in [2.75, 3.05) is 19.8 Å². The monoisotopic (exact) mass is 249 g/mol. The van der Waals surface area contributed by atoms with Gasteiger partial charge in [0, 0.05) is 13.2 Å². The lowest BCUT2D eigenvalue weighted by molar-refractivity contribution is -0.139. The molecule has 0 saturated heterocycles. The molecule has 0 heterocycles. The van der Waals surface area contributed by atoms with E-state index in [4.69, 9.17) is 4.74 Å². The molecule has 0 aliphatic rings. The molecule has 0 aromatic rings. The summed E-state index contributed by atoms with van der Waals surface area (Å²) in [5, 5.41) is 2.15. The molecule has 0 fully saturated rings. The summed E-state index contributed by atoms with van der Waals surface area (Å²) in [5.74, 6) is -4.37. The van der Waals surface area contributed by atoms with E-state index in [0.717, 1.165) is 0 Å². The van der Waals surface area contributed by atoms with Crippen molar-refractivity contribution in [3.05, 3.63) is 12.2 Å². The van der Waals surface area contributed by atoms with Crippen LogP contribution in [-0.2, 0) is 9.53 Å². The highest BCUT2D eigenvalue weighted by Gasteiger charge is 2.34. The standard InChI is InChI=1S/C12H21F2NO2/c1-4-7-15-11(16)12(13,14)6-5-8-17-9-10(2)3/h5-6,10H,4,7-9H2,1-3H3,(H,15,16)/b6-5+. The Bertz CT molecular complexity index is 253. The van der Waals surface area contributed by atoms with E-state index < -0.39 is 11.8 Å². The van der Waals surface area contributed by atoms with Crippen molar-refractivity contribution in [2.45, 2.75) is 33.1 Å². The Hall–Kier alpha value is -0.970. The lowest BCUT2D eigenvalue weighted by Gasteiger charge is -2.11. The predicted octanol–water partition coefficient (Wildman–Crippen LogP) is 2.38. The summed E-state index contributed by atoms with van der Waals surface area (Å²) in [6.45, 7) is 6.60. The number of halogens is 2. The number of alkyl halides is 2. The average molecular weight is 249 g/mol. The van der Waals surface area contributed by atoms with Gasteiger partial charge in [-0.25, -0.2) is 0 Å². The van der Waals surface area contributed by atoms with Gasteiger partial charge >= 0.3 is 5.92 Å². The number of nitrogens with one attached hydrogen (secondary N) is 1.